The second-order valence-corrected chi connectivity index (χ2v) is 11.0. The van der Waals surface area contributed by atoms with E-state index in [2.05, 4.69) is 21.3 Å². The lowest BCUT2D eigenvalue weighted by Crippen LogP contribution is -2.30. The zero-order valence-electron chi connectivity index (χ0n) is 26.2. The number of hydrogen-bond donors (Lipinski definition) is 4. The lowest BCUT2D eigenvalue weighted by Gasteiger charge is -2.15. The Balaban J connectivity index is 1.45. The van der Waals surface area contributed by atoms with Gasteiger partial charge < -0.3 is 35.5 Å². The molecule has 0 heterocycles. The van der Waals surface area contributed by atoms with E-state index in [1.54, 1.807) is 91.0 Å². The molecule has 47 heavy (non-hydrogen) atoms. The van der Waals surface area contributed by atoms with Crippen LogP contribution in [0.4, 0.5) is 17.1 Å². The average molecular weight is 655 g/mol. The average Bonchev–Trinajstić information content (AvgIpc) is 3.08. The molecule has 0 fully saturated rings. The number of methoxy groups -OCH3 is 3. The van der Waals surface area contributed by atoms with Gasteiger partial charge in [0.15, 0.2) is 11.5 Å². The second kappa shape index (κ2) is 16.5. The van der Waals surface area contributed by atoms with Crippen molar-refractivity contribution in [1.82, 2.24) is 5.32 Å². The smallest absolute Gasteiger partial charge is 0.272 e. The Morgan fingerprint density at radius 1 is 0.702 bits per heavy atom. The highest BCUT2D eigenvalue weighted by atomic mass is 32.2. The van der Waals surface area contributed by atoms with Gasteiger partial charge in [0.05, 0.1) is 27.1 Å². The van der Waals surface area contributed by atoms with Gasteiger partial charge in [-0.25, -0.2) is 0 Å². The molecule has 0 aromatic heterocycles. The van der Waals surface area contributed by atoms with E-state index in [4.69, 9.17) is 14.2 Å². The summed E-state index contributed by atoms with van der Waals surface area (Å²) < 4.78 is 16.3. The van der Waals surface area contributed by atoms with Crippen LogP contribution in [0.3, 0.4) is 0 Å². The fourth-order valence-electron chi connectivity index (χ4n) is 4.31. The van der Waals surface area contributed by atoms with E-state index in [9.17, 15) is 19.2 Å². The maximum Gasteiger partial charge on any atom is 0.272 e. The van der Waals surface area contributed by atoms with Gasteiger partial charge in [0.2, 0.25) is 17.6 Å². The number of carbonyl (C=O) groups is 4. The Labute approximate surface area is 276 Å². The number of anilines is 3. The molecule has 4 amide bonds. The molecule has 4 rings (SSSR count). The Hall–Kier alpha value is -5.75. The highest BCUT2D eigenvalue weighted by Gasteiger charge is 2.18. The molecular formula is C35H34N4O7S. The first-order valence-corrected chi connectivity index (χ1v) is 15.3. The van der Waals surface area contributed by atoms with E-state index in [1.165, 1.54) is 46.1 Å². The predicted molar refractivity (Wildman–Crippen MR) is 183 cm³/mol. The molecule has 11 nitrogen and oxygen atoms in total. The fraction of sp³-hybridized carbons (Fsp3) is 0.143. The quantitative estimate of drug-likeness (QED) is 0.104. The van der Waals surface area contributed by atoms with Crippen molar-refractivity contribution >= 4 is 58.5 Å². The normalized spacial score (nSPS) is 10.8. The van der Waals surface area contributed by atoms with Crippen molar-refractivity contribution in [3.8, 4) is 17.2 Å². The van der Waals surface area contributed by atoms with Gasteiger partial charge in [-0.15, -0.1) is 11.8 Å². The van der Waals surface area contributed by atoms with Crippen LogP contribution in [0.5, 0.6) is 17.2 Å². The molecule has 0 unspecified atom stereocenters. The molecule has 0 aliphatic carbocycles. The van der Waals surface area contributed by atoms with Crippen molar-refractivity contribution < 1.29 is 33.4 Å². The van der Waals surface area contributed by atoms with Crippen LogP contribution < -0.4 is 35.5 Å². The van der Waals surface area contributed by atoms with Gasteiger partial charge in [-0.2, -0.15) is 0 Å². The van der Waals surface area contributed by atoms with E-state index < -0.39 is 11.8 Å². The van der Waals surface area contributed by atoms with Crippen LogP contribution >= 0.6 is 11.8 Å². The number of hydrogen-bond acceptors (Lipinski definition) is 8. The topological polar surface area (TPSA) is 144 Å². The molecule has 12 heteroatoms. The number of rotatable bonds is 13. The van der Waals surface area contributed by atoms with Crippen LogP contribution in [0.15, 0.2) is 102 Å². The number of carbonyl (C=O) groups excluding carboxylic acids is 4. The number of amides is 4. The molecule has 4 aromatic carbocycles. The molecule has 0 spiro atoms. The molecule has 0 atom stereocenters. The summed E-state index contributed by atoms with van der Waals surface area (Å²) in [5, 5.41) is 11.0. The van der Waals surface area contributed by atoms with Gasteiger partial charge in [0, 0.05) is 34.4 Å². The van der Waals surface area contributed by atoms with Gasteiger partial charge in [-0.05, 0) is 84.4 Å². The SMILES string of the molecule is COc1cc(/C=C(\NC(=O)c2ccccc2)C(=O)Nc2ccc(SCC(=O)Nc3ccc(NC(C)=O)cc3)cc2)cc(OC)c1OC. The van der Waals surface area contributed by atoms with E-state index in [0.29, 0.717) is 45.4 Å². The van der Waals surface area contributed by atoms with E-state index >= 15 is 0 Å². The zero-order chi connectivity index (χ0) is 33.8. The first kappa shape index (κ1) is 34.1. The lowest BCUT2D eigenvalue weighted by atomic mass is 10.1. The molecule has 0 saturated heterocycles. The molecule has 4 aromatic rings. The summed E-state index contributed by atoms with van der Waals surface area (Å²) >= 11 is 1.33. The van der Waals surface area contributed by atoms with E-state index in [1.807, 2.05) is 0 Å². The van der Waals surface area contributed by atoms with Crippen LogP contribution in [0.2, 0.25) is 0 Å². The highest BCUT2D eigenvalue weighted by Crippen LogP contribution is 2.38. The predicted octanol–water partition coefficient (Wildman–Crippen LogP) is 5.81. The second-order valence-electron chi connectivity index (χ2n) is 9.91. The number of thioether (sulfide) groups is 1. The lowest BCUT2D eigenvalue weighted by molar-refractivity contribution is -0.114. The minimum absolute atomic E-state index is 0.0200. The van der Waals surface area contributed by atoms with Gasteiger partial charge >= 0.3 is 0 Å². The number of nitrogens with one attached hydrogen (secondary N) is 4. The molecule has 0 aliphatic rings. The monoisotopic (exact) mass is 654 g/mol. The van der Waals surface area contributed by atoms with Crippen molar-refractivity contribution in [2.75, 3.05) is 43.0 Å². The van der Waals surface area contributed by atoms with Gasteiger partial charge in [0.25, 0.3) is 11.8 Å². The minimum Gasteiger partial charge on any atom is -0.493 e. The molecule has 0 aliphatic heterocycles. The van der Waals surface area contributed by atoms with Crippen LogP contribution in [-0.2, 0) is 14.4 Å². The third-order valence-corrected chi connectivity index (χ3v) is 7.51. The van der Waals surface area contributed by atoms with Crippen LogP contribution in [0.25, 0.3) is 6.08 Å². The molecule has 4 N–H and O–H groups in total. The van der Waals surface area contributed by atoms with Crippen molar-refractivity contribution in [3.63, 3.8) is 0 Å². The summed E-state index contributed by atoms with van der Waals surface area (Å²) in [5.41, 5.74) is 2.60. The van der Waals surface area contributed by atoms with Crippen molar-refractivity contribution in [1.29, 1.82) is 0 Å². The number of ether oxygens (including phenoxy) is 3. The molecular weight excluding hydrogens is 620 g/mol. The summed E-state index contributed by atoms with van der Waals surface area (Å²) in [4.78, 5) is 51.0. The van der Waals surface area contributed by atoms with Crippen molar-refractivity contribution in [2.45, 2.75) is 11.8 Å². The molecule has 242 valence electrons. The standard InChI is InChI=1S/C35H34N4O7S/c1-22(40)36-25-10-12-26(13-11-25)37-32(41)21-47-28-16-14-27(15-17-28)38-35(43)29(39-34(42)24-8-6-5-7-9-24)18-23-19-30(44-2)33(46-4)31(20-23)45-3/h5-20H,21H2,1-4H3,(H,36,40)(H,37,41)(H,38,43)(H,39,42)/b29-18-. The summed E-state index contributed by atoms with van der Waals surface area (Å²) in [7, 11) is 4.46. The Kier molecular flexibility index (Phi) is 12.0. The molecule has 0 bridgehead atoms. The first-order chi connectivity index (χ1) is 22.7. The van der Waals surface area contributed by atoms with Gasteiger partial charge in [-0.1, -0.05) is 18.2 Å². The van der Waals surface area contributed by atoms with E-state index in [0.717, 1.165) is 4.90 Å². The fourth-order valence-corrected chi connectivity index (χ4v) is 5.01. The zero-order valence-corrected chi connectivity index (χ0v) is 27.0. The summed E-state index contributed by atoms with van der Waals surface area (Å²) in [6.07, 6.45) is 1.51. The van der Waals surface area contributed by atoms with Crippen LogP contribution in [0.1, 0.15) is 22.8 Å². The third kappa shape index (κ3) is 9.87. The number of benzene rings is 4. The summed E-state index contributed by atoms with van der Waals surface area (Å²) in [6.45, 7) is 1.42. The van der Waals surface area contributed by atoms with Crippen LogP contribution in [0, 0.1) is 0 Å². The first-order valence-electron chi connectivity index (χ1n) is 14.3. The van der Waals surface area contributed by atoms with Crippen molar-refractivity contribution in [3.05, 3.63) is 108 Å². The Morgan fingerprint density at radius 2 is 1.26 bits per heavy atom. The van der Waals surface area contributed by atoms with Crippen molar-refractivity contribution in [2.24, 2.45) is 0 Å². The molecule has 0 radical (unpaired) electrons. The Morgan fingerprint density at radius 3 is 1.81 bits per heavy atom. The molecule has 0 saturated carbocycles. The largest absolute Gasteiger partial charge is 0.493 e. The summed E-state index contributed by atoms with van der Waals surface area (Å²) in [6, 6.07) is 25.6. The third-order valence-electron chi connectivity index (χ3n) is 6.50. The van der Waals surface area contributed by atoms with Crippen LogP contribution in [-0.4, -0.2) is 50.7 Å². The van der Waals surface area contributed by atoms with E-state index in [-0.39, 0.29) is 23.3 Å². The Bertz CT molecular complexity index is 1730. The summed E-state index contributed by atoms with van der Waals surface area (Å²) in [5.74, 6) is -0.0872. The van der Waals surface area contributed by atoms with Gasteiger partial charge in [-0.3, -0.25) is 19.2 Å². The maximum absolute atomic E-state index is 13.5. The maximum atomic E-state index is 13.5. The minimum atomic E-state index is -0.563. The van der Waals surface area contributed by atoms with Gasteiger partial charge in [0.1, 0.15) is 5.70 Å². The highest BCUT2D eigenvalue weighted by molar-refractivity contribution is 8.00.